The molecule has 0 aliphatic heterocycles. The molecule has 0 rings (SSSR count). The summed E-state index contributed by atoms with van der Waals surface area (Å²) in [6, 6.07) is 2.79. The maximum absolute atomic E-state index is 10.9. The first kappa shape index (κ1) is 13.6. The number of nitrogens with one attached hydrogen (secondary N) is 1. The Morgan fingerprint density at radius 1 is 1.57 bits per heavy atom. The molecule has 0 saturated heterocycles. The van der Waals surface area contributed by atoms with Crippen LogP contribution in [0.1, 0.15) is 33.1 Å². The topological polar surface area (TPSA) is 52.9 Å². The quantitative estimate of drug-likeness (QED) is 0.700. The summed E-state index contributed by atoms with van der Waals surface area (Å²) in [5.74, 6) is 0.733. The summed E-state index contributed by atoms with van der Waals surface area (Å²) in [5.41, 5.74) is 0. The van der Waals surface area contributed by atoms with Crippen LogP contribution >= 0.6 is 0 Å². The highest BCUT2D eigenvalue weighted by Gasteiger charge is 2.09. The van der Waals surface area contributed by atoms with E-state index in [1.165, 1.54) is 0 Å². The fraction of sp³-hybridized carbons (Fsp3) is 0.900. The number of nitrogens with zero attached hydrogens (tertiary/aromatic N) is 1. The Hall–Kier alpha value is -0.400. The van der Waals surface area contributed by atoms with E-state index < -0.39 is 10.8 Å². The van der Waals surface area contributed by atoms with Gasteiger partial charge in [-0.05, 0) is 19.8 Å². The molecule has 0 heterocycles. The lowest BCUT2D eigenvalue weighted by atomic mass is 10.1. The first-order chi connectivity index (χ1) is 6.60. The number of rotatable bonds is 7. The molecule has 4 heteroatoms. The van der Waals surface area contributed by atoms with E-state index in [0.29, 0.717) is 12.5 Å². The first-order valence-corrected chi connectivity index (χ1v) is 6.75. The molecule has 0 aliphatic carbocycles. The highest BCUT2D eigenvalue weighted by Crippen LogP contribution is 2.01. The molecule has 82 valence electrons. The molecule has 0 saturated carbocycles. The Kier molecular flexibility index (Phi) is 7.73. The molecule has 0 bridgehead atoms. The zero-order chi connectivity index (χ0) is 11.0. The van der Waals surface area contributed by atoms with Crippen LogP contribution in [0.4, 0.5) is 0 Å². The van der Waals surface area contributed by atoms with E-state index in [4.69, 9.17) is 5.26 Å². The first-order valence-electron chi connectivity index (χ1n) is 5.03. The third-order valence-electron chi connectivity index (χ3n) is 2.19. The second-order valence-corrected chi connectivity index (χ2v) is 5.16. The highest BCUT2D eigenvalue weighted by molar-refractivity contribution is 7.84. The van der Waals surface area contributed by atoms with E-state index in [2.05, 4.69) is 25.2 Å². The van der Waals surface area contributed by atoms with Crippen molar-refractivity contribution in [3.05, 3.63) is 0 Å². The van der Waals surface area contributed by atoms with Crippen LogP contribution in [0.15, 0.2) is 0 Å². The van der Waals surface area contributed by atoms with Gasteiger partial charge in [0.25, 0.3) is 0 Å². The molecule has 0 radical (unpaired) electrons. The molecule has 3 unspecified atom stereocenters. The van der Waals surface area contributed by atoms with Crippen molar-refractivity contribution in [2.75, 3.05) is 12.0 Å². The van der Waals surface area contributed by atoms with E-state index in [0.717, 1.165) is 18.6 Å². The lowest BCUT2D eigenvalue weighted by Gasteiger charge is -2.19. The van der Waals surface area contributed by atoms with Gasteiger partial charge < -0.3 is 5.32 Å². The average molecular weight is 216 g/mol. The Morgan fingerprint density at radius 2 is 2.21 bits per heavy atom. The molecule has 14 heavy (non-hydrogen) atoms. The van der Waals surface area contributed by atoms with Crippen molar-refractivity contribution >= 4 is 10.8 Å². The molecule has 0 fully saturated rings. The molecule has 0 amide bonds. The van der Waals surface area contributed by atoms with E-state index in [1.54, 1.807) is 6.26 Å². The average Bonchev–Trinajstić information content (AvgIpc) is 2.14. The molecule has 0 spiro atoms. The normalized spacial score (nSPS) is 17.0. The lowest BCUT2D eigenvalue weighted by molar-refractivity contribution is 0.431. The van der Waals surface area contributed by atoms with Gasteiger partial charge in [0, 0.05) is 34.9 Å². The van der Waals surface area contributed by atoms with Crippen LogP contribution < -0.4 is 5.32 Å². The zero-order valence-corrected chi connectivity index (χ0v) is 10.1. The van der Waals surface area contributed by atoms with Crippen molar-refractivity contribution in [1.82, 2.24) is 5.32 Å². The number of hydrogen-bond acceptors (Lipinski definition) is 3. The highest BCUT2D eigenvalue weighted by atomic mass is 32.2. The van der Waals surface area contributed by atoms with E-state index in [9.17, 15) is 4.21 Å². The van der Waals surface area contributed by atoms with Gasteiger partial charge in [0.15, 0.2) is 0 Å². The maximum atomic E-state index is 10.9. The molecular weight excluding hydrogens is 196 g/mol. The smallest absolute Gasteiger partial charge is 0.0638 e. The van der Waals surface area contributed by atoms with Crippen LogP contribution in [0.3, 0.4) is 0 Å². The fourth-order valence-electron chi connectivity index (χ4n) is 1.26. The third-order valence-corrected chi connectivity index (χ3v) is 3.00. The molecule has 0 aromatic carbocycles. The lowest BCUT2D eigenvalue weighted by Crippen LogP contribution is -2.36. The van der Waals surface area contributed by atoms with E-state index >= 15 is 0 Å². The van der Waals surface area contributed by atoms with Crippen LogP contribution in [0.5, 0.6) is 0 Å². The molecular formula is C10H20N2OS. The molecule has 3 atom stereocenters. The van der Waals surface area contributed by atoms with Gasteiger partial charge in [-0.1, -0.05) is 6.92 Å². The summed E-state index contributed by atoms with van der Waals surface area (Å²) < 4.78 is 10.9. The minimum Gasteiger partial charge on any atom is -0.310 e. The van der Waals surface area contributed by atoms with Gasteiger partial charge in [0.05, 0.1) is 12.5 Å². The van der Waals surface area contributed by atoms with Gasteiger partial charge in [-0.15, -0.1) is 0 Å². The Morgan fingerprint density at radius 3 is 2.64 bits per heavy atom. The van der Waals surface area contributed by atoms with Crippen LogP contribution in [0.2, 0.25) is 0 Å². The van der Waals surface area contributed by atoms with Crippen molar-refractivity contribution in [2.45, 2.75) is 45.2 Å². The number of nitriles is 1. The summed E-state index contributed by atoms with van der Waals surface area (Å²) >= 11 is 0. The van der Waals surface area contributed by atoms with Crippen molar-refractivity contribution in [1.29, 1.82) is 5.26 Å². The van der Waals surface area contributed by atoms with Crippen molar-refractivity contribution < 1.29 is 4.21 Å². The summed E-state index contributed by atoms with van der Waals surface area (Å²) in [4.78, 5) is 0. The standard InChI is InChI=1S/C10H20N2OS/c1-4-10(5-7-11)12-9(2)6-8-14(3)13/h9-10,12H,4-6,8H2,1-3H3. The van der Waals surface area contributed by atoms with E-state index in [1.807, 2.05) is 0 Å². The summed E-state index contributed by atoms with van der Waals surface area (Å²) in [6.07, 6.45) is 4.15. The Labute approximate surface area is 89.3 Å². The predicted octanol–water partition coefficient (Wildman–Crippen LogP) is 1.43. The monoisotopic (exact) mass is 216 g/mol. The van der Waals surface area contributed by atoms with Crippen LogP contribution in [0.25, 0.3) is 0 Å². The maximum Gasteiger partial charge on any atom is 0.0638 e. The third kappa shape index (κ3) is 7.05. The van der Waals surface area contributed by atoms with Crippen LogP contribution in [-0.4, -0.2) is 28.3 Å². The summed E-state index contributed by atoms with van der Waals surface area (Å²) in [5, 5.41) is 11.9. The van der Waals surface area contributed by atoms with Crippen molar-refractivity contribution in [3.8, 4) is 6.07 Å². The Bertz CT molecular complexity index is 213. The van der Waals surface area contributed by atoms with Crippen molar-refractivity contribution in [2.24, 2.45) is 0 Å². The largest absolute Gasteiger partial charge is 0.310 e. The van der Waals surface area contributed by atoms with Gasteiger partial charge in [-0.2, -0.15) is 5.26 Å². The predicted molar refractivity (Wildman–Crippen MR) is 60.5 cm³/mol. The van der Waals surface area contributed by atoms with Gasteiger partial charge in [-0.3, -0.25) is 4.21 Å². The van der Waals surface area contributed by atoms with Gasteiger partial charge >= 0.3 is 0 Å². The molecule has 0 aromatic rings. The zero-order valence-electron chi connectivity index (χ0n) is 9.25. The van der Waals surface area contributed by atoms with Crippen LogP contribution in [0, 0.1) is 11.3 Å². The number of hydrogen-bond donors (Lipinski definition) is 1. The van der Waals surface area contributed by atoms with Gasteiger partial charge in [0.2, 0.25) is 0 Å². The minimum atomic E-state index is -0.712. The fourth-order valence-corrected chi connectivity index (χ4v) is 1.95. The summed E-state index contributed by atoms with van der Waals surface area (Å²) in [6.45, 7) is 4.15. The SMILES string of the molecule is CCC(CC#N)NC(C)CCS(C)=O. The summed E-state index contributed by atoms with van der Waals surface area (Å²) in [7, 11) is -0.712. The minimum absolute atomic E-state index is 0.278. The molecule has 3 nitrogen and oxygen atoms in total. The van der Waals surface area contributed by atoms with E-state index in [-0.39, 0.29) is 6.04 Å². The molecule has 0 aliphatic rings. The Balaban J connectivity index is 3.73. The van der Waals surface area contributed by atoms with Gasteiger partial charge in [-0.25, -0.2) is 0 Å². The second-order valence-electron chi connectivity index (χ2n) is 3.60. The van der Waals surface area contributed by atoms with Crippen molar-refractivity contribution in [3.63, 3.8) is 0 Å². The second kappa shape index (κ2) is 7.95. The molecule has 0 aromatic heterocycles. The molecule has 1 N–H and O–H groups in total. The van der Waals surface area contributed by atoms with Gasteiger partial charge in [0.1, 0.15) is 0 Å². The van der Waals surface area contributed by atoms with Crippen LogP contribution in [-0.2, 0) is 10.8 Å².